The number of methoxy groups -OCH3 is 1. The van der Waals surface area contributed by atoms with Crippen molar-refractivity contribution in [3.05, 3.63) is 34.9 Å². The summed E-state index contributed by atoms with van der Waals surface area (Å²) in [6, 6.07) is 7.75. The van der Waals surface area contributed by atoms with Crippen molar-refractivity contribution in [2.75, 3.05) is 47.4 Å². The third-order valence-corrected chi connectivity index (χ3v) is 3.30. The smallest absolute Gasteiger partial charge is 0.243 e. The lowest BCUT2D eigenvalue weighted by Crippen LogP contribution is -2.40. The first-order valence-electron chi connectivity index (χ1n) is 7.48. The number of hydrogen-bond donors (Lipinski definition) is 2. The van der Waals surface area contributed by atoms with Gasteiger partial charge < -0.3 is 20.3 Å². The molecule has 0 radical (unpaired) electrons. The molecule has 2 N–H and O–H groups in total. The minimum Gasteiger partial charge on any atom is -0.383 e. The lowest BCUT2D eigenvalue weighted by molar-refractivity contribution is -0.127. The average molecular weight is 469 g/mol. The molecule has 8 heteroatoms. The van der Waals surface area contributed by atoms with Crippen LogP contribution < -0.4 is 10.6 Å². The Balaban J connectivity index is 0.00000529. The van der Waals surface area contributed by atoms with Crippen LogP contribution in [0.25, 0.3) is 0 Å². The number of hydrogen-bond acceptors (Lipinski definition) is 3. The molecule has 0 aliphatic carbocycles. The fourth-order valence-electron chi connectivity index (χ4n) is 1.75. The minimum absolute atomic E-state index is 0. The first-order valence-corrected chi connectivity index (χ1v) is 7.86. The zero-order chi connectivity index (χ0) is 17.1. The standard InChI is InChI=1S/C16H25ClN4O2.HI/c1-21(2)15(22)12-20-16(19-9-10-23-3)18-8-7-13-5-4-6-14(17)11-13;/h4-6,11H,7-10,12H2,1-3H3,(H2,18,19,20);1H. The molecular weight excluding hydrogens is 443 g/mol. The van der Waals surface area contributed by atoms with Gasteiger partial charge in [-0.15, -0.1) is 24.0 Å². The summed E-state index contributed by atoms with van der Waals surface area (Å²) in [5.74, 6) is 0.548. The lowest BCUT2D eigenvalue weighted by Gasteiger charge is -2.13. The SMILES string of the molecule is COCCNC(=NCC(=O)N(C)C)NCCc1cccc(Cl)c1.I. The van der Waals surface area contributed by atoms with E-state index in [4.69, 9.17) is 16.3 Å². The molecule has 0 bridgehead atoms. The van der Waals surface area contributed by atoms with E-state index < -0.39 is 0 Å². The van der Waals surface area contributed by atoms with Crippen molar-refractivity contribution in [1.29, 1.82) is 0 Å². The number of guanidine groups is 1. The van der Waals surface area contributed by atoms with Crippen LogP contribution in [-0.2, 0) is 16.0 Å². The number of benzene rings is 1. The van der Waals surface area contributed by atoms with E-state index in [2.05, 4.69) is 15.6 Å². The first-order chi connectivity index (χ1) is 11.0. The van der Waals surface area contributed by atoms with Crippen molar-refractivity contribution < 1.29 is 9.53 Å². The van der Waals surface area contributed by atoms with Crippen molar-refractivity contribution in [2.24, 2.45) is 4.99 Å². The molecule has 24 heavy (non-hydrogen) atoms. The Labute approximate surface area is 166 Å². The molecule has 1 aromatic rings. The summed E-state index contributed by atoms with van der Waals surface area (Å²) in [5.41, 5.74) is 1.14. The van der Waals surface area contributed by atoms with Gasteiger partial charge >= 0.3 is 0 Å². The molecule has 0 saturated heterocycles. The van der Waals surface area contributed by atoms with Gasteiger partial charge in [0.05, 0.1) is 6.61 Å². The second kappa shape index (κ2) is 13.3. The van der Waals surface area contributed by atoms with Crippen LogP contribution in [0.15, 0.2) is 29.3 Å². The van der Waals surface area contributed by atoms with Gasteiger partial charge in [0.25, 0.3) is 0 Å². The summed E-state index contributed by atoms with van der Waals surface area (Å²) < 4.78 is 5.01. The fourth-order valence-corrected chi connectivity index (χ4v) is 1.96. The maximum Gasteiger partial charge on any atom is 0.243 e. The molecular formula is C16H26ClIN4O2. The topological polar surface area (TPSA) is 66.0 Å². The van der Waals surface area contributed by atoms with Crippen molar-refractivity contribution in [2.45, 2.75) is 6.42 Å². The van der Waals surface area contributed by atoms with E-state index in [0.717, 1.165) is 17.0 Å². The molecule has 6 nitrogen and oxygen atoms in total. The fraction of sp³-hybridized carbons (Fsp3) is 0.500. The van der Waals surface area contributed by atoms with Gasteiger partial charge in [0.15, 0.2) is 5.96 Å². The number of amides is 1. The second-order valence-electron chi connectivity index (χ2n) is 5.18. The molecule has 136 valence electrons. The number of aliphatic imine (C=N–C) groups is 1. The predicted molar refractivity (Wildman–Crippen MR) is 109 cm³/mol. The van der Waals surface area contributed by atoms with Gasteiger partial charge in [0, 0.05) is 39.3 Å². The van der Waals surface area contributed by atoms with Gasteiger partial charge in [-0.05, 0) is 24.1 Å². The van der Waals surface area contributed by atoms with Crippen molar-refractivity contribution in [3.63, 3.8) is 0 Å². The van der Waals surface area contributed by atoms with Gasteiger partial charge in [-0.25, -0.2) is 4.99 Å². The highest BCUT2D eigenvalue weighted by atomic mass is 127. The third-order valence-electron chi connectivity index (χ3n) is 3.07. The molecule has 0 heterocycles. The number of nitrogens with one attached hydrogen (secondary N) is 2. The van der Waals surface area contributed by atoms with E-state index in [1.807, 2.05) is 24.3 Å². The quantitative estimate of drug-likeness (QED) is 0.264. The zero-order valence-electron chi connectivity index (χ0n) is 14.3. The Kier molecular flexibility index (Phi) is 12.7. The van der Waals surface area contributed by atoms with Crippen LogP contribution in [-0.4, -0.2) is 64.2 Å². The summed E-state index contributed by atoms with van der Waals surface area (Å²) in [4.78, 5) is 17.4. The monoisotopic (exact) mass is 468 g/mol. The van der Waals surface area contributed by atoms with Gasteiger partial charge in [-0.1, -0.05) is 23.7 Å². The number of rotatable bonds is 8. The first kappa shape index (κ1) is 22.9. The predicted octanol–water partition coefficient (Wildman–Crippen LogP) is 1.77. The molecule has 1 aromatic carbocycles. The highest BCUT2D eigenvalue weighted by Crippen LogP contribution is 2.10. The van der Waals surface area contributed by atoms with Crippen molar-refractivity contribution in [1.82, 2.24) is 15.5 Å². The van der Waals surface area contributed by atoms with Crippen LogP contribution in [0.3, 0.4) is 0 Å². The van der Waals surface area contributed by atoms with E-state index in [1.54, 1.807) is 21.2 Å². The lowest BCUT2D eigenvalue weighted by atomic mass is 10.1. The Morgan fingerprint density at radius 3 is 2.62 bits per heavy atom. The number of carbonyl (C=O) groups excluding carboxylic acids is 1. The number of nitrogens with zero attached hydrogens (tertiary/aromatic N) is 2. The summed E-state index contributed by atoms with van der Waals surface area (Å²) in [5, 5.41) is 7.07. The maximum atomic E-state index is 11.6. The second-order valence-corrected chi connectivity index (χ2v) is 5.62. The highest BCUT2D eigenvalue weighted by molar-refractivity contribution is 14.0. The molecule has 1 amide bonds. The molecule has 0 saturated carbocycles. The third kappa shape index (κ3) is 9.94. The van der Waals surface area contributed by atoms with Gasteiger partial charge in [0.2, 0.25) is 5.91 Å². The van der Waals surface area contributed by atoms with E-state index in [1.165, 1.54) is 4.90 Å². The summed E-state index contributed by atoms with van der Waals surface area (Å²) in [6.07, 6.45) is 0.813. The van der Waals surface area contributed by atoms with E-state index in [-0.39, 0.29) is 36.4 Å². The van der Waals surface area contributed by atoms with Crippen LogP contribution in [0.5, 0.6) is 0 Å². The number of ether oxygens (including phenoxy) is 1. The summed E-state index contributed by atoms with van der Waals surface area (Å²) in [7, 11) is 5.06. The largest absolute Gasteiger partial charge is 0.383 e. The Bertz CT molecular complexity index is 527. The molecule has 0 fully saturated rings. The molecule has 1 rings (SSSR count). The van der Waals surface area contributed by atoms with Crippen molar-refractivity contribution in [3.8, 4) is 0 Å². The van der Waals surface area contributed by atoms with Crippen LogP contribution in [0, 0.1) is 0 Å². The summed E-state index contributed by atoms with van der Waals surface area (Å²) >= 11 is 5.97. The molecule has 0 aromatic heterocycles. The Hall–Kier alpha value is -1.06. The Morgan fingerprint density at radius 2 is 2.00 bits per heavy atom. The van der Waals surface area contributed by atoms with Crippen LogP contribution >= 0.6 is 35.6 Å². The number of halogens is 2. The van der Waals surface area contributed by atoms with Crippen LogP contribution in [0.1, 0.15) is 5.56 Å². The average Bonchev–Trinajstić information content (AvgIpc) is 2.51. The number of carbonyl (C=O) groups is 1. The normalized spacial score (nSPS) is 10.8. The molecule has 0 aliphatic rings. The van der Waals surface area contributed by atoms with Gasteiger partial charge in [0.1, 0.15) is 6.54 Å². The van der Waals surface area contributed by atoms with Crippen molar-refractivity contribution >= 4 is 47.4 Å². The molecule has 0 spiro atoms. The minimum atomic E-state index is -0.0484. The van der Waals surface area contributed by atoms with Crippen LogP contribution in [0.4, 0.5) is 0 Å². The van der Waals surface area contributed by atoms with Crippen LogP contribution in [0.2, 0.25) is 5.02 Å². The number of likely N-dealkylation sites (N-methyl/N-ethyl adjacent to an activating group) is 1. The van der Waals surface area contributed by atoms with E-state index >= 15 is 0 Å². The highest BCUT2D eigenvalue weighted by Gasteiger charge is 2.04. The summed E-state index contributed by atoms with van der Waals surface area (Å²) in [6.45, 7) is 1.98. The van der Waals surface area contributed by atoms with Gasteiger partial charge in [-0.3, -0.25) is 4.79 Å². The molecule has 0 unspecified atom stereocenters. The van der Waals surface area contributed by atoms with E-state index in [9.17, 15) is 4.79 Å². The molecule has 0 atom stereocenters. The van der Waals surface area contributed by atoms with E-state index in [0.29, 0.717) is 25.7 Å². The van der Waals surface area contributed by atoms with Gasteiger partial charge in [-0.2, -0.15) is 0 Å². The zero-order valence-corrected chi connectivity index (χ0v) is 17.4. The maximum absolute atomic E-state index is 11.6. The molecule has 0 aliphatic heterocycles. The Morgan fingerprint density at radius 1 is 1.29 bits per heavy atom.